The second kappa shape index (κ2) is 9.39. The van der Waals surface area contributed by atoms with E-state index in [2.05, 4.69) is 29.4 Å². The largest absolute Gasteiger partial charge is 0.487 e. The molecule has 2 aromatic carbocycles. The highest BCUT2D eigenvalue weighted by Gasteiger charge is 2.13. The Morgan fingerprint density at radius 2 is 1.79 bits per heavy atom. The molecule has 0 radical (unpaired) electrons. The second-order valence-corrected chi connectivity index (χ2v) is 6.67. The van der Waals surface area contributed by atoms with Gasteiger partial charge >= 0.3 is 0 Å². The van der Waals surface area contributed by atoms with E-state index in [1.54, 1.807) is 18.2 Å². The maximum atomic E-state index is 9.07. The van der Waals surface area contributed by atoms with Crippen LogP contribution in [0.2, 0.25) is 0 Å². The van der Waals surface area contributed by atoms with E-state index in [0.29, 0.717) is 24.3 Å². The summed E-state index contributed by atoms with van der Waals surface area (Å²) in [5, 5.41) is 21.4. The molecular weight excluding hydrogens is 360 g/mol. The van der Waals surface area contributed by atoms with Gasteiger partial charge in [0.25, 0.3) is 0 Å². The number of rotatable bonds is 7. The van der Waals surface area contributed by atoms with Gasteiger partial charge in [-0.3, -0.25) is 4.98 Å². The Kier molecular flexibility index (Phi) is 6.45. The van der Waals surface area contributed by atoms with Crippen LogP contribution in [0.5, 0.6) is 5.75 Å². The van der Waals surface area contributed by atoms with Crippen LogP contribution in [-0.4, -0.2) is 4.98 Å². The predicted octanol–water partition coefficient (Wildman–Crippen LogP) is 4.89. The maximum absolute atomic E-state index is 9.07. The molecule has 1 aromatic heterocycles. The molecule has 0 fully saturated rings. The Labute approximate surface area is 171 Å². The van der Waals surface area contributed by atoms with Gasteiger partial charge in [-0.05, 0) is 60.9 Å². The van der Waals surface area contributed by atoms with Crippen LogP contribution in [0.25, 0.3) is 0 Å². The first-order chi connectivity index (χ1) is 14.1. The molecule has 0 aliphatic heterocycles. The smallest absolute Gasteiger partial charge is 0.144 e. The van der Waals surface area contributed by atoms with E-state index >= 15 is 0 Å². The van der Waals surface area contributed by atoms with Gasteiger partial charge in [0.05, 0.1) is 29.0 Å². The van der Waals surface area contributed by atoms with Crippen molar-refractivity contribution in [3.05, 3.63) is 88.2 Å². The fourth-order valence-electron chi connectivity index (χ4n) is 3.15. The van der Waals surface area contributed by atoms with Crippen molar-refractivity contribution < 1.29 is 4.74 Å². The van der Waals surface area contributed by atoms with Gasteiger partial charge in [0.15, 0.2) is 0 Å². The molecule has 0 aliphatic rings. The molecule has 5 heteroatoms. The van der Waals surface area contributed by atoms with Crippen molar-refractivity contribution in [2.24, 2.45) is 0 Å². The van der Waals surface area contributed by atoms with Crippen molar-refractivity contribution in [2.45, 2.75) is 33.4 Å². The zero-order chi connectivity index (χ0) is 20.6. The monoisotopic (exact) mass is 382 g/mol. The average molecular weight is 382 g/mol. The number of hydrogen-bond acceptors (Lipinski definition) is 5. The predicted molar refractivity (Wildman–Crippen MR) is 112 cm³/mol. The number of aryl methyl sites for hydroxylation is 1. The highest BCUT2D eigenvalue weighted by molar-refractivity contribution is 5.49. The van der Waals surface area contributed by atoms with E-state index in [-0.39, 0.29) is 0 Å². The van der Waals surface area contributed by atoms with Crippen LogP contribution < -0.4 is 10.1 Å². The summed E-state index contributed by atoms with van der Waals surface area (Å²) in [4.78, 5) is 4.51. The van der Waals surface area contributed by atoms with Gasteiger partial charge in [-0.25, -0.2) is 0 Å². The molecule has 5 nitrogen and oxygen atoms in total. The lowest BCUT2D eigenvalue weighted by atomic mass is 10.0. The van der Waals surface area contributed by atoms with Crippen molar-refractivity contribution in [1.82, 2.24) is 4.98 Å². The van der Waals surface area contributed by atoms with Crippen molar-refractivity contribution in [3.8, 4) is 17.9 Å². The van der Waals surface area contributed by atoms with Gasteiger partial charge in [-0.1, -0.05) is 19.1 Å². The van der Waals surface area contributed by atoms with Crippen LogP contribution in [0.1, 0.15) is 40.4 Å². The summed E-state index contributed by atoms with van der Waals surface area (Å²) in [5.41, 5.74) is 6.20. The summed E-state index contributed by atoms with van der Waals surface area (Å²) < 4.78 is 6.13. The summed E-state index contributed by atoms with van der Waals surface area (Å²) >= 11 is 0. The van der Waals surface area contributed by atoms with E-state index in [9.17, 15) is 0 Å². The molecule has 0 unspecified atom stereocenters. The summed E-state index contributed by atoms with van der Waals surface area (Å²) in [6.45, 7) is 5.04. The first kappa shape index (κ1) is 19.9. The summed E-state index contributed by atoms with van der Waals surface area (Å²) in [6, 6.07) is 19.1. The first-order valence-electron chi connectivity index (χ1n) is 9.47. The summed E-state index contributed by atoms with van der Waals surface area (Å²) in [7, 11) is 0. The Bertz CT molecular complexity index is 1080. The fraction of sp³-hybridized carbons (Fsp3) is 0.208. The molecule has 0 saturated heterocycles. The molecular formula is C24H22N4O. The van der Waals surface area contributed by atoms with E-state index < -0.39 is 0 Å². The maximum Gasteiger partial charge on any atom is 0.144 e. The average Bonchev–Trinajstić information content (AvgIpc) is 2.77. The highest BCUT2D eigenvalue weighted by Crippen LogP contribution is 2.27. The Balaban J connectivity index is 1.77. The fourth-order valence-corrected chi connectivity index (χ4v) is 3.15. The van der Waals surface area contributed by atoms with E-state index in [4.69, 9.17) is 15.3 Å². The van der Waals surface area contributed by atoms with E-state index in [1.165, 1.54) is 0 Å². The topological polar surface area (TPSA) is 81.7 Å². The first-order valence-corrected chi connectivity index (χ1v) is 9.47. The number of pyridine rings is 1. The highest BCUT2D eigenvalue weighted by atomic mass is 16.5. The minimum absolute atomic E-state index is 0.386. The lowest BCUT2D eigenvalue weighted by molar-refractivity contribution is 0.299. The Morgan fingerprint density at radius 3 is 2.48 bits per heavy atom. The number of nitrogens with one attached hydrogen (secondary N) is 1. The van der Waals surface area contributed by atoms with E-state index in [1.807, 2.05) is 43.5 Å². The van der Waals surface area contributed by atoms with Crippen molar-refractivity contribution in [1.29, 1.82) is 10.5 Å². The lowest BCUT2D eigenvalue weighted by Gasteiger charge is -2.17. The summed E-state index contributed by atoms with van der Waals surface area (Å²) in [6.07, 6.45) is 2.70. The third-order valence-electron chi connectivity index (χ3n) is 4.69. The molecule has 3 aromatic rings. The Hall–Kier alpha value is -3.83. The molecule has 0 aliphatic carbocycles. The number of aromatic nitrogens is 1. The van der Waals surface area contributed by atoms with Crippen molar-refractivity contribution >= 4 is 5.69 Å². The molecule has 0 spiro atoms. The van der Waals surface area contributed by atoms with Crippen LogP contribution >= 0.6 is 0 Å². The Morgan fingerprint density at radius 1 is 1.03 bits per heavy atom. The van der Waals surface area contributed by atoms with E-state index in [0.717, 1.165) is 40.2 Å². The SMILES string of the molecule is CCc1c(CNc2ccc(C#N)cc2)cnc(C)c1OCc1cccc(C#N)c1. The van der Waals surface area contributed by atoms with Gasteiger partial charge in [0.2, 0.25) is 0 Å². The van der Waals surface area contributed by atoms with Gasteiger partial charge in [-0.15, -0.1) is 0 Å². The summed E-state index contributed by atoms with van der Waals surface area (Å²) in [5.74, 6) is 0.800. The third-order valence-corrected chi connectivity index (χ3v) is 4.69. The molecule has 0 bridgehead atoms. The molecule has 29 heavy (non-hydrogen) atoms. The van der Waals surface area contributed by atoms with Gasteiger partial charge in [0, 0.05) is 24.0 Å². The molecule has 1 N–H and O–H groups in total. The number of anilines is 1. The van der Waals surface area contributed by atoms with Crippen LogP contribution in [0.4, 0.5) is 5.69 Å². The van der Waals surface area contributed by atoms with Gasteiger partial charge in [-0.2, -0.15) is 10.5 Å². The number of ether oxygens (including phenoxy) is 1. The van der Waals surface area contributed by atoms with Gasteiger partial charge < -0.3 is 10.1 Å². The molecule has 3 rings (SSSR count). The van der Waals surface area contributed by atoms with Crippen molar-refractivity contribution in [3.63, 3.8) is 0 Å². The molecule has 1 heterocycles. The minimum atomic E-state index is 0.386. The van der Waals surface area contributed by atoms with Crippen LogP contribution in [0.3, 0.4) is 0 Å². The molecule has 0 saturated carbocycles. The number of nitriles is 2. The molecule has 0 amide bonds. The van der Waals surface area contributed by atoms with Gasteiger partial charge in [0.1, 0.15) is 12.4 Å². The molecule has 144 valence electrons. The number of nitrogens with zero attached hydrogens (tertiary/aromatic N) is 3. The minimum Gasteiger partial charge on any atom is -0.487 e. The zero-order valence-corrected chi connectivity index (χ0v) is 16.6. The van der Waals surface area contributed by atoms with Crippen LogP contribution in [0.15, 0.2) is 54.7 Å². The third kappa shape index (κ3) is 4.91. The number of benzene rings is 2. The normalized spacial score (nSPS) is 10.1. The quantitative estimate of drug-likeness (QED) is 0.629. The van der Waals surface area contributed by atoms with Crippen LogP contribution in [-0.2, 0) is 19.6 Å². The lowest BCUT2D eigenvalue weighted by Crippen LogP contribution is -2.08. The number of hydrogen-bond donors (Lipinski definition) is 1. The molecule has 0 atom stereocenters. The standard InChI is InChI=1S/C24H22N4O/c1-3-23-21(15-28-22-9-7-18(12-25)8-10-22)14-27-17(2)24(23)29-16-20-6-4-5-19(11-20)13-26/h4-11,14,28H,3,15-16H2,1-2H3. The zero-order valence-electron chi connectivity index (χ0n) is 16.6. The van der Waals surface area contributed by atoms with Crippen LogP contribution in [0, 0.1) is 29.6 Å². The second-order valence-electron chi connectivity index (χ2n) is 6.67. The van der Waals surface area contributed by atoms with Crippen molar-refractivity contribution in [2.75, 3.05) is 5.32 Å².